The van der Waals surface area contributed by atoms with Crippen molar-refractivity contribution < 1.29 is 9.53 Å². The Balaban J connectivity index is 2.11. The van der Waals surface area contributed by atoms with Crippen LogP contribution < -0.4 is 10.1 Å². The lowest BCUT2D eigenvalue weighted by Gasteiger charge is -2.33. The molecule has 22 heavy (non-hydrogen) atoms. The fraction of sp³-hybridized carbons (Fsp3) is 0.611. The Hall–Kier alpha value is -1.55. The number of rotatable bonds is 6. The van der Waals surface area contributed by atoms with E-state index < -0.39 is 0 Å². The number of anilines is 1. The zero-order valence-electron chi connectivity index (χ0n) is 14.4. The molecule has 0 fully saturated rings. The fourth-order valence-corrected chi connectivity index (χ4v) is 2.59. The molecule has 122 valence electrons. The van der Waals surface area contributed by atoms with Gasteiger partial charge in [0.25, 0.3) is 0 Å². The molecule has 1 atom stereocenters. The van der Waals surface area contributed by atoms with Gasteiger partial charge in [-0.3, -0.25) is 9.69 Å². The lowest BCUT2D eigenvalue weighted by atomic mass is 10.0. The number of nitrogens with zero attached hydrogens (tertiary/aromatic N) is 1. The molecule has 0 amide bonds. The maximum Gasteiger partial charge on any atom is 0.179 e. The normalized spacial score (nSPS) is 17.4. The van der Waals surface area contributed by atoms with E-state index in [9.17, 15) is 4.79 Å². The molecule has 1 aliphatic heterocycles. The van der Waals surface area contributed by atoms with Crippen LogP contribution in [0.15, 0.2) is 18.2 Å². The van der Waals surface area contributed by atoms with Crippen molar-refractivity contribution in [2.75, 3.05) is 25.5 Å². The number of unbranched alkanes of at least 4 members (excludes halogenated alkanes) is 1. The zero-order valence-corrected chi connectivity index (χ0v) is 14.4. The first-order chi connectivity index (χ1) is 10.3. The van der Waals surface area contributed by atoms with Gasteiger partial charge in [0.1, 0.15) is 11.4 Å². The first-order valence-corrected chi connectivity index (χ1v) is 8.15. The number of nitrogens with one attached hydrogen (secondary N) is 1. The Bertz CT molecular complexity index is 540. The van der Waals surface area contributed by atoms with Crippen LogP contribution in [0.4, 0.5) is 5.69 Å². The molecule has 0 bridgehead atoms. The second kappa shape index (κ2) is 6.69. The van der Waals surface area contributed by atoms with Gasteiger partial charge in [0.05, 0.1) is 18.3 Å². The van der Waals surface area contributed by atoms with Gasteiger partial charge < -0.3 is 10.1 Å². The number of hydrogen-bond donors (Lipinski definition) is 1. The van der Waals surface area contributed by atoms with Crippen molar-refractivity contribution in [3.8, 4) is 5.75 Å². The third kappa shape index (κ3) is 3.80. The maximum atomic E-state index is 12.7. The molecule has 1 N–H and O–H groups in total. The predicted octanol–water partition coefficient (Wildman–Crippen LogP) is 3.57. The van der Waals surface area contributed by atoms with E-state index in [1.165, 1.54) is 0 Å². The molecule has 0 radical (unpaired) electrons. The molecule has 4 heteroatoms. The number of fused-ring (bicyclic) bond motifs is 1. The molecule has 0 saturated carbocycles. The van der Waals surface area contributed by atoms with E-state index in [0.717, 1.165) is 42.9 Å². The monoisotopic (exact) mass is 304 g/mol. The summed E-state index contributed by atoms with van der Waals surface area (Å²) in [5.41, 5.74) is 1.44. The molecular weight excluding hydrogens is 276 g/mol. The third-order valence-corrected chi connectivity index (χ3v) is 4.26. The quantitative estimate of drug-likeness (QED) is 0.816. The summed E-state index contributed by atoms with van der Waals surface area (Å²) in [5.74, 6) is 0.979. The van der Waals surface area contributed by atoms with Crippen LogP contribution in [0.2, 0.25) is 0 Å². The van der Waals surface area contributed by atoms with E-state index in [2.05, 4.69) is 17.1 Å². The minimum Gasteiger partial charge on any atom is -0.484 e. The molecule has 4 nitrogen and oxygen atoms in total. The van der Waals surface area contributed by atoms with Gasteiger partial charge in [0.15, 0.2) is 5.78 Å². The van der Waals surface area contributed by atoms with Crippen LogP contribution >= 0.6 is 0 Å². The molecular formula is C18H28N2O2. The van der Waals surface area contributed by atoms with Gasteiger partial charge >= 0.3 is 0 Å². The van der Waals surface area contributed by atoms with Crippen molar-refractivity contribution in [3.63, 3.8) is 0 Å². The fourth-order valence-electron chi connectivity index (χ4n) is 2.59. The van der Waals surface area contributed by atoms with Crippen LogP contribution in [0.5, 0.6) is 5.75 Å². The van der Waals surface area contributed by atoms with Gasteiger partial charge in [-0.1, -0.05) is 13.3 Å². The van der Waals surface area contributed by atoms with E-state index in [1.54, 1.807) is 0 Å². The summed E-state index contributed by atoms with van der Waals surface area (Å²) in [6.45, 7) is 9.93. The Morgan fingerprint density at radius 3 is 2.86 bits per heavy atom. The van der Waals surface area contributed by atoms with Crippen molar-refractivity contribution in [2.45, 2.75) is 52.2 Å². The van der Waals surface area contributed by atoms with Crippen molar-refractivity contribution in [3.05, 3.63) is 23.8 Å². The molecule has 0 aliphatic carbocycles. The average Bonchev–Trinajstić information content (AvgIpc) is 2.49. The molecule has 1 heterocycles. The number of likely N-dealkylation sites (N-methyl/N-ethyl adjacent to an activating group) is 1. The minimum absolute atomic E-state index is 0.106. The molecule has 1 aromatic rings. The predicted molar refractivity (Wildman–Crippen MR) is 91.0 cm³/mol. The largest absolute Gasteiger partial charge is 0.484 e. The summed E-state index contributed by atoms with van der Waals surface area (Å²) >= 11 is 0. The molecule has 1 unspecified atom stereocenters. The van der Waals surface area contributed by atoms with E-state index in [1.807, 2.05) is 46.0 Å². The van der Waals surface area contributed by atoms with Gasteiger partial charge in [-0.2, -0.15) is 0 Å². The molecule has 0 aromatic heterocycles. The van der Waals surface area contributed by atoms with Gasteiger partial charge in [0, 0.05) is 5.56 Å². The standard InChI is InChI=1S/C18H28N2O2/c1-6-7-10-20(5)13(2)17(21)14-8-9-16-15(11-14)19-12-18(3,4)22-16/h8-9,11,13,19H,6-7,10,12H2,1-5H3. The van der Waals surface area contributed by atoms with Crippen LogP contribution in [0.1, 0.15) is 50.9 Å². The lowest BCUT2D eigenvalue weighted by Crippen LogP contribution is -2.40. The highest BCUT2D eigenvalue weighted by Gasteiger charge is 2.27. The Labute approximate surface area is 133 Å². The van der Waals surface area contributed by atoms with E-state index in [-0.39, 0.29) is 17.4 Å². The smallest absolute Gasteiger partial charge is 0.179 e. The number of benzene rings is 1. The van der Waals surface area contributed by atoms with Crippen LogP contribution in [-0.2, 0) is 0 Å². The summed E-state index contributed by atoms with van der Waals surface area (Å²) in [4.78, 5) is 14.8. The Morgan fingerprint density at radius 1 is 1.45 bits per heavy atom. The summed E-state index contributed by atoms with van der Waals surface area (Å²) in [6, 6.07) is 5.58. The molecule has 1 aromatic carbocycles. The van der Waals surface area contributed by atoms with E-state index >= 15 is 0 Å². The summed E-state index contributed by atoms with van der Waals surface area (Å²) in [5, 5.41) is 3.36. The average molecular weight is 304 g/mol. The Kier molecular flexibility index (Phi) is 5.12. The van der Waals surface area contributed by atoms with Crippen LogP contribution in [0.25, 0.3) is 0 Å². The third-order valence-electron chi connectivity index (χ3n) is 4.26. The second-order valence-electron chi connectivity index (χ2n) is 6.80. The Morgan fingerprint density at radius 2 is 2.18 bits per heavy atom. The molecule has 1 aliphatic rings. The van der Waals surface area contributed by atoms with E-state index in [0.29, 0.717) is 0 Å². The van der Waals surface area contributed by atoms with Gasteiger partial charge in [-0.05, 0) is 59.0 Å². The second-order valence-corrected chi connectivity index (χ2v) is 6.80. The molecule has 0 spiro atoms. The van der Waals surface area contributed by atoms with Gasteiger partial charge in [-0.15, -0.1) is 0 Å². The highest BCUT2D eigenvalue weighted by atomic mass is 16.5. The number of Topliss-reactive ketones (excluding diaryl/α,β-unsaturated/α-hetero) is 1. The first kappa shape index (κ1) is 16.8. The van der Waals surface area contributed by atoms with Crippen molar-refractivity contribution in [2.24, 2.45) is 0 Å². The number of carbonyl (C=O) groups is 1. The van der Waals surface area contributed by atoms with Gasteiger partial charge in [-0.25, -0.2) is 0 Å². The number of ketones is 1. The number of hydrogen-bond acceptors (Lipinski definition) is 4. The van der Waals surface area contributed by atoms with Crippen molar-refractivity contribution >= 4 is 11.5 Å². The molecule has 2 rings (SSSR count). The first-order valence-electron chi connectivity index (χ1n) is 8.15. The topological polar surface area (TPSA) is 41.6 Å². The van der Waals surface area contributed by atoms with Crippen LogP contribution in [0.3, 0.4) is 0 Å². The van der Waals surface area contributed by atoms with Crippen molar-refractivity contribution in [1.82, 2.24) is 4.90 Å². The van der Waals surface area contributed by atoms with Gasteiger partial charge in [0.2, 0.25) is 0 Å². The molecule has 0 saturated heterocycles. The summed E-state index contributed by atoms with van der Waals surface area (Å²) < 4.78 is 5.93. The number of carbonyl (C=O) groups excluding carboxylic acids is 1. The maximum absolute atomic E-state index is 12.7. The number of ether oxygens (including phenoxy) is 1. The zero-order chi connectivity index (χ0) is 16.3. The van der Waals surface area contributed by atoms with Crippen molar-refractivity contribution in [1.29, 1.82) is 0 Å². The van der Waals surface area contributed by atoms with E-state index in [4.69, 9.17) is 4.74 Å². The lowest BCUT2D eigenvalue weighted by molar-refractivity contribution is 0.0867. The SMILES string of the molecule is CCCCN(C)C(C)C(=O)c1ccc2c(c1)NCC(C)(C)O2. The summed E-state index contributed by atoms with van der Waals surface area (Å²) in [7, 11) is 2.01. The van der Waals surface area contributed by atoms with Crippen LogP contribution in [-0.4, -0.2) is 42.5 Å². The van der Waals surface area contributed by atoms with Crippen LogP contribution in [0, 0.1) is 0 Å². The highest BCUT2D eigenvalue weighted by Crippen LogP contribution is 2.33. The highest BCUT2D eigenvalue weighted by molar-refractivity contribution is 6.01. The summed E-state index contributed by atoms with van der Waals surface area (Å²) in [6.07, 6.45) is 2.25. The minimum atomic E-state index is -0.216.